The van der Waals surface area contributed by atoms with E-state index in [0.717, 1.165) is 0 Å². The van der Waals surface area contributed by atoms with Crippen molar-refractivity contribution in [3.8, 4) is 11.7 Å². The molecule has 0 aromatic rings. The summed E-state index contributed by atoms with van der Waals surface area (Å²) in [6.45, 7) is 17.8. The van der Waals surface area contributed by atoms with Crippen LogP contribution in [0.15, 0.2) is 0 Å². The summed E-state index contributed by atoms with van der Waals surface area (Å²) in [6, 6.07) is 0. The smallest absolute Gasteiger partial charge is 0.264 e. The van der Waals surface area contributed by atoms with Crippen molar-refractivity contribution < 1.29 is 4.43 Å². The first kappa shape index (κ1) is 13.8. The van der Waals surface area contributed by atoms with Crippen molar-refractivity contribution in [1.29, 1.82) is 0 Å². The minimum Gasteiger partial charge on any atom is -0.501 e. The van der Waals surface area contributed by atoms with Crippen LogP contribution in [0.25, 0.3) is 0 Å². The van der Waals surface area contributed by atoms with E-state index in [-0.39, 0.29) is 5.04 Å². The van der Waals surface area contributed by atoms with Crippen LogP contribution in [0.1, 0.15) is 20.8 Å². The number of hydrogen-bond acceptors (Lipinski definition) is 1. The Hall–Kier alpha value is -0.206. The van der Waals surface area contributed by atoms with Crippen molar-refractivity contribution in [2.45, 2.75) is 58.5 Å². The third-order valence-electron chi connectivity index (χ3n) is 2.54. The van der Waals surface area contributed by atoms with E-state index in [4.69, 9.17) is 4.43 Å². The Kier molecular flexibility index (Phi) is 4.06. The van der Waals surface area contributed by atoms with Gasteiger partial charge in [0, 0.05) is 0 Å². The molecule has 1 nitrogen and oxygen atoms in total. The molecule has 0 heterocycles. The topological polar surface area (TPSA) is 9.23 Å². The lowest BCUT2D eigenvalue weighted by Crippen LogP contribution is -2.39. The summed E-state index contributed by atoms with van der Waals surface area (Å²) >= 11 is 0. The summed E-state index contributed by atoms with van der Waals surface area (Å²) in [5, 5.41) is 0.251. The van der Waals surface area contributed by atoms with Gasteiger partial charge >= 0.3 is 0 Å². The first-order chi connectivity index (χ1) is 5.96. The van der Waals surface area contributed by atoms with Crippen molar-refractivity contribution in [2.75, 3.05) is 0 Å². The van der Waals surface area contributed by atoms with Gasteiger partial charge in [-0.15, -0.1) is 0 Å². The molecule has 0 aromatic carbocycles. The predicted molar refractivity (Wildman–Crippen MR) is 69.4 cm³/mol. The minimum atomic E-state index is -1.66. The fourth-order valence-electron chi connectivity index (χ4n) is 0.459. The number of hydrogen-bond donors (Lipinski definition) is 0. The molecule has 0 spiro atoms. The fourth-order valence-corrected chi connectivity index (χ4v) is 1.53. The molecular weight excluding hydrogens is 204 g/mol. The van der Waals surface area contributed by atoms with Crippen LogP contribution in [0.4, 0.5) is 0 Å². The summed E-state index contributed by atoms with van der Waals surface area (Å²) in [7, 11) is -2.94. The maximum absolute atomic E-state index is 5.78. The molecule has 0 saturated heterocycles. The maximum Gasteiger partial charge on any atom is 0.264 e. The van der Waals surface area contributed by atoms with E-state index in [0.29, 0.717) is 0 Å². The van der Waals surface area contributed by atoms with Crippen LogP contribution in [0.3, 0.4) is 0 Å². The molecule has 0 unspecified atom stereocenters. The van der Waals surface area contributed by atoms with Gasteiger partial charge in [-0.3, -0.25) is 0 Å². The van der Waals surface area contributed by atoms with E-state index < -0.39 is 16.4 Å². The van der Waals surface area contributed by atoms with Gasteiger partial charge in [-0.25, -0.2) is 0 Å². The van der Waals surface area contributed by atoms with Gasteiger partial charge in [0.05, 0.1) is 6.11 Å². The summed E-state index contributed by atoms with van der Waals surface area (Å²) in [5.41, 5.74) is 3.25. The van der Waals surface area contributed by atoms with E-state index in [1.807, 2.05) is 0 Å². The molecule has 82 valence electrons. The molecular formula is C11H24OSi2. The van der Waals surface area contributed by atoms with Crippen molar-refractivity contribution in [3.63, 3.8) is 0 Å². The molecule has 0 rings (SSSR count). The Balaban J connectivity index is 4.46. The lowest BCUT2D eigenvalue weighted by Gasteiger charge is -2.33. The van der Waals surface area contributed by atoms with E-state index in [1.54, 1.807) is 0 Å². The summed E-state index contributed by atoms with van der Waals surface area (Å²) in [6.07, 6.45) is 2.95. The van der Waals surface area contributed by atoms with Gasteiger partial charge in [0.25, 0.3) is 8.32 Å². The summed E-state index contributed by atoms with van der Waals surface area (Å²) in [4.78, 5) is 0. The second-order valence-corrected chi connectivity index (χ2v) is 15.8. The average molecular weight is 228 g/mol. The highest BCUT2D eigenvalue weighted by Gasteiger charge is 2.38. The Morgan fingerprint density at radius 3 is 1.64 bits per heavy atom. The normalized spacial score (nSPS) is 13.1. The van der Waals surface area contributed by atoms with Crippen LogP contribution in [0.2, 0.25) is 37.8 Å². The second-order valence-electron chi connectivity index (χ2n) is 6.34. The molecule has 0 aliphatic heterocycles. The van der Waals surface area contributed by atoms with E-state index in [9.17, 15) is 0 Å². The largest absolute Gasteiger partial charge is 0.501 e. The zero-order valence-corrected chi connectivity index (χ0v) is 12.9. The molecule has 0 bridgehead atoms. The van der Waals surface area contributed by atoms with E-state index in [2.05, 4.69) is 65.2 Å². The number of rotatable bonds is 1. The van der Waals surface area contributed by atoms with Crippen molar-refractivity contribution in [3.05, 3.63) is 0 Å². The fraction of sp³-hybridized carbons (Fsp3) is 0.818. The van der Waals surface area contributed by atoms with Crippen molar-refractivity contribution >= 4 is 16.4 Å². The van der Waals surface area contributed by atoms with Gasteiger partial charge in [-0.2, -0.15) is 0 Å². The van der Waals surface area contributed by atoms with Gasteiger partial charge < -0.3 is 4.43 Å². The monoisotopic (exact) mass is 228 g/mol. The Labute approximate surface area is 91.4 Å². The van der Waals surface area contributed by atoms with E-state index >= 15 is 0 Å². The van der Waals surface area contributed by atoms with Crippen LogP contribution in [0.5, 0.6) is 0 Å². The maximum atomic E-state index is 5.78. The third kappa shape index (κ3) is 4.87. The predicted octanol–water partition coefficient (Wildman–Crippen LogP) is 3.85. The summed E-state index contributed by atoms with van der Waals surface area (Å²) < 4.78 is 5.78. The first-order valence-electron chi connectivity index (χ1n) is 5.16. The first-order valence-corrected chi connectivity index (χ1v) is 11.6. The molecule has 0 aliphatic rings. The standard InChI is InChI=1S/C11H24OSi2/c1-11(2,3)14(7,8)12-9-10-13(4,5)6/h1-8H3. The zero-order valence-electron chi connectivity index (χ0n) is 10.9. The average Bonchev–Trinajstić information content (AvgIpc) is 1.80. The highest BCUT2D eigenvalue weighted by molar-refractivity contribution is 6.84. The van der Waals surface area contributed by atoms with Gasteiger partial charge in [-0.05, 0) is 18.1 Å². The van der Waals surface area contributed by atoms with Crippen LogP contribution < -0.4 is 0 Å². The van der Waals surface area contributed by atoms with Crippen molar-refractivity contribution in [2.24, 2.45) is 0 Å². The van der Waals surface area contributed by atoms with E-state index in [1.165, 1.54) is 0 Å². The molecule has 0 fully saturated rings. The quantitative estimate of drug-likeness (QED) is 0.489. The lowest BCUT2D eigenvalue weighted by atomic mass is 10.2. The van der Waals surface area contributed by atoms with Gasteiger partial charge in [0.1, 0.15) is 8.07 Å². The molecule has 14 heavy (non-hydrogen) atoms. The van der Waals surface area contributed by atoms with Crippen LogP contribution in [-0.4, -0.2) is 16.4 Å². The van der Waals surface area contributed by atoms with Crippen LogP contribution in [0, 0.1) is 11.7 Å². The van der Waals surface area contributed by atoms with Crippen LogP contribution >= 0.6 is 0 Å². The van der Waals surface area contributed by atoms with Gasteiger partial charge in [-0.1, -0.05) is 46.0 Å². The molecule has 0 N–H and O–H groups in total. The Morgan fingerprint density at radius 2 is 1.36 bits per heavy atom. The molecule has 0 aliphatic carbocycles. The highest BCUT2D eigenvalue weighted by atomic mass is 28.4. The summed E-state index contributed by atoms with van der Waals surface area (Å²) in [5.74, 6) is 0. The molecule has 0 aromatic heterocycles. The lowest BCUT2D eigenvalue weighted by molar-refractivity contribution is 0.461. The molecule has 0 atom stereocenters. The van der Waals surface area contributed by atoms with Gasteiger partial charge in [0.15, 0.2) is 0 Å². The second kappa shape index (κ2) is 4.12. The molecule has 3 heteroatoms. The minimum absolute atomic E-state index is 0.251. The SMILES string of the molecule is CC(C)(C)[Si](C)(C)OC#C[Si](C)(C)C. The van der Waals surface area contributed by atoms with Gasteiger partial charge in [0.2, 0.25) is 0 Å². The third-order valence-corrected chi connectivity index (χ3v) is 7.62. The molecule has 0 amide bonds. The Morgan fingerprint density at radius 1 is 0.929 bits per heavy atom. The zero-order chi connectivity index (χ0) is 11.6. The Bertz CT molecular complexity index is 245. The van der Waals surface area contributed by atoms with Crippen LogP contribution in [-0.2, 0) is 4.43 Å². The molecule has 0 saturated carbocycles. The van der Waals surface area contributed by atoms with Crippen molar-refractivity contribution in [1.82, 2.24) is 0 Å². The highest BCUT2D eigenvalue weighted by Crippen LogP contribution is 2.36. The molecule has 0 radical (unpaired) electrons.